The van der Waals surface area contributed by atoms with E-state index < -0.39 is 28.5 Å². The van der Waals surface area contributed by atoms with Crippen LogP contribution in [0.4, 0.5) is 5.69 Å². The molecular formula is C36H35Cl4N3O4S. The summed E-state index contributed by atoms with van der Waals surface area (Å²) < 4.78 is 29.3. The minimum Gasteiger partial charge on any atom is -0.352 e. The van der Waals surface area contributed by atoms with Crippen LogP contribution < -0.4 is 9.62 Å². The van der Waals surface area contributed by atoms with Gasteiger partial charge in [-0.15, -0.1) is 0 Å². The van der Waals surface area contributed by atoms with Gasteiger partial charge in [0.15, 0.2) is 0 Å². The van der Waals surface area contributed by atoms with E-state index in [-0.39, 0.29) is 45.5 Å². The summed E-state index contributed by atoms with van der Waals surface area (Å²) >= 11 is 26.1. The molecule has 2 amide bonds. The van der Waals surface area contributed by atoms with Crippen molar-refractivity contribution in [2.75, 3.05) is 10.8 Å². The van der Waals surface area contributed by atoms with Crippen LogP contribution >= 0.6 is 46.4 Å². The van der Waals surface area contributed by atoms with Gasteiger partial charge in [-0.3, -0.25) is 13.9 Å². The zero-order valence-corrected chi connectivity index (χ0v) is 29.8. The highest BCUT2D eigenvalue weighted by Gasteiger charge is 2.36. The Hall–Kier alpha value is -3.27. The van der Waals surface area contributed by atoms with Gasteiger partial charge in [0.2, 0.25) is 11.8 Å². The molecule has 0 bridgehead atoms. The number of halogens is 4. The van der Waals surface area contributed by atoms with Crippen LogP contribution in [0.1, 0.15) is 43.2 Å². The Balaban J connectivity index is 1.61. The van der Waals surface area contributed by atoms with Gasteiger partial charge in [0.1, 0.15) is 12.6 Å². The molecule has 0 spiro atoms. The number of benzene rings is 4. The summed E-state index contributed by atoms with van der Waals surface area (Å²) in [5, 5.41) is 4.08. The Bertz CT molecular complexity index is 1820. The molecule has 12 heteroatoms. The number of rotatable bonds is 12. The van der Waals surface area contributed by atoms with Crippen LogP contribution in [0.2, 0.25) is 20.1 Å². The van der Waals surface area contributed by atoms with E-state index in [0.29, 0.717) is 15.6 Å². The van der Waals surface area contributed by atoms with Crippen molar-refractivity contribution >= 4 is 73.9 Å². The van der Waals surface area contributed by atoms with E-state index in [1.54, 1.807) is 36.4 Å². The van der Waals surface area contributed by atoms with Gasteiger partial charge >= 0.3 is 0 Å². The predicted molar refractivity (Wildman–Crippen MR) is 193 cm³/mol. The van der Waals surface area contributed by atoms with Gasteiger partial charge in [-0.1, -0.05) is 120 Å². The molecule has 4 aromatic carbocycles. The van der Waals surface area contributed by atoms with Gasteiger partial charge in [0.25, 0.3) is 10.0 Å². The number of carbonyl (C=O) groups excluding carboxylic acids is 2. The SMILES string of the molecule is O=C(NC1CCCCC1)[C@@H](Cc1ccccc1)N(Cc1c(Cl)cccc1Cl)C(=O)CN(c1cc(Cl)ccc1Cl)S(=O)(=O)c1ccccc1. The van der Waals surface area contributed by atoms with Crippen molar-refractivity contribution in [2.45, 2.75) is 62.0 Å². The van der Waals surface area contributed by atoms with Gasteiger partial charge in [0.05, 0.1) is 15.6 Å². The maximum atomic E-state index is 14.7. The Labute approximate surface area is 301 Å². The molecule has 48 heavy (non-hydrogen) atoms. The first kappa shape index (κ1) is 36.0. The van der Waals surface area contributed by atoms with E-state index in [1.165, 1.54) is 35.2 Å². The van der Waals surface area contributed by atoms with Crippen molar-refractivity contribution in [3.8, 4) is 0 Å². The van der Waals surface area contributed by atoms with E-state index in [1.807, 2.05) is 30.3 Å². The molecule has 7 nitrogen and oxygen atoms in total. The highest BCUT2D eigenvalue weighted by Crippen LogP contribution is 2.34. The first-order chi connectivity index (χ1) is 23.0. The molecule has 1 N–H and O–H groups in total. The zero-order chi connectivity index (χ0) is 34.3. The Morgan fingerprint density at radius 3 is 2.04 bits per heavy atom. The van der Waals surface area contributed by atoms with Crippen LogP contribution in [0.5, 0.6) is 0 Å². The minimum absolute atomic E-state index is 0.0170. The molecule has 1 aliphatic carbocycles. The number of hydrogen-bond donors (Lipinski definition) is 1. The molecule has 252 valence electrons. The highest BCUT2D eigenvalue weighted by molar-refractivity contribution is 7.92. The zero-order valence-electron chi connectivity index (χ0n) is 26.0. The summed E-state index contributed by atoms with van der Waals surface area (Å²) in [4.78, 5) is 30.3. The quantitative estimate of drug-likeness (QED) is 0.157. The van der Waals surface area contributed by atoms with Crippen LogP contribution in [0.3, 0.4) is 0 Å². The van der Waals surface area contributed by atoms with E-state index in [4.69, 9.17) is 46.4 Å². The first-order valence-corrected chi connectivity index (χ1v) is 18.6. The number of nitrogens with zero attached hydrogens (tertiary/aromatic N) is 2. The van der Waals surface area contributed by atoms with Gasteiger partial charge in [-0.25, -0.2) is 8.42 Å². The third kappa shape index (κ3) is 8.84. The second-order valence-electron chi connectivity index (χ2n) is 11.7. The standard InChI is InChI=1S/C36H35Cl4N3O4S/c37-26-19-20-32(40)33(22-26)43(48(46,47)28-15-8-3-9-16-28)24-35(44)42(23-29-30(38)17-10-18-31(29)39)34(21-25-11-4-1-5-12-25)36(45)41-27-13-6-2-7-14-27/h1,3-5,8-12,15-20,22,27,34H,2,6-7,13-14,21,23-24H2,(H,41,45)/t34-/m1/s1. The van der Waals surface area contributed by atoms with Crippen molar-refractivity contribution in [3.63, 3.8) is 0 Å². The fourth-order valence-corrected chi connectivity index (χ4v) is 8.26. The summed E-state index contributed by atoms with van der Waals surface area (Å²) in [6.07, 6.45) is 4.94. The van der Waals surface area contributed by atoms with Gasteiger partial charge < -0.3 is 10.2 Å². The normalized spacial score (nSPS) is 14.2. The number of carbonyl (C=O) groups is 2. The summed E-state index contributed by atoms with van der Waals surface area (Å²) in [6.45, 7) is -0.850. The Morgan fingerprint density at radius 2 is 1.40 bits per heavy atom. The molecule has 0 saturated heterocycles. The van der Waals surface area contributed by atoms with Crippen LogP contribution in [-0.2, 0) is 32.6 Å². The average Bonchev–Trinajstić information content (AvgIpc) is 3.08. The van der Waals surface area contributed by atoms with Crippen LogP contribution in [0.15, 0.2) is 102 Å². The fourth-order valence-electron chi connectivity index (χ4n) is 5.86. The van der Waals surface area contributed by atoms with Crippen molar-refractivity contribution in [1.82, 2.24) is 10.2 Å². The summed E-state index contributed by atoms with van der Waals surface area (Å²) in [6, 6.07) is 25.4. The topological polar surface area (TPSA) is 86.8 Å². The summed E-state index contributed by atoms with van der Waals surface area (Å²) in [7, 11) is -4.35. The van der Waals surface area contributed by atoms with Crippen molar-refractivity contribution in [1.29, 1.82) is 0 Å². The average molecular weight is 748 g/mol. The first-order valence-electron chi connectivity index (χ1n) is 15.6. The Kier molecular flexibility index (Phi) is 12.3. The Morgan fingerprint density at radius 1 is 0.771 bits per heavy atom. The lowest BCUT2D eigenvalue weighted by Crippen LogP contribution is -2.55. The van der Waals surface area contributed by atoms with Crippen LogP contribution in [0, 0.1) is 0 Å². The summed E-state index contributed by atoms with van der Waals surface area (Å²) in [5.74, 6) is -1.01. The molecule has 1 aliphatic rings. The molecular weight excluding hydrogens is 712 g/mol. The molecule has 1 fully saturated rings. The number of nitrogens with one attached hydrogen (secondary N) is 1. The van der Waals surface area contributed by atoms with Gasteiger partial charge in [-0.05, 0) is 60.9 Å². The largest absolute Gasteiger partial charge is 0.352 e. The third-order valence-corrected chi connectivity index (χ3v) is 11.4. The molecule has 0 unspecified atom stereocenters. The van der Waals surface area contributed by atoms with E-state index >= 15 is 0 Å². The van der Waals surface area contributed by atoms with E-state index in [9.17, 15) is 18.0 Å². The monoisotopic (exact) mass is 745 g/mol. The van der Waals surface area contributed by atoms with E-state index in [2.05, 4.69) is 5.32 Å². The lowest BCUT2D eigenvalue weighted by Gasteiger charge is -2.35. The van der Waals surface area contributed by atoms with Gasteiger partial charge in [0, 0.05) is 39.6 Å². The minimum atomic E-state index is -4.35. The van der Waals surface area contributed by atoms with Crippen LogP contribution in [0.25, 0.3) is 0 Å². The lowest BCUT2D eigenvalue weighted by molar-refractivity contribution is -0.140. The van der Waals surface area contributed by atoms with Crippen molar-refractivity contribution in [2.24, 2.45) is 0 Å². The third-order valence-electron chi connectivity index (χ3n) is 8.40. The highest BCUT2D eigenvalue weighted by atomic mass is 35.5. The number of amides is 2. The molecule has 5 rings (SSSR count). The second-order valence-corrected chi connectivity index (χ2v) is 15.2. The van der Waals surface area contributed by atoms with Crippen LogP contribution in [-0.4, -0.2) is 43.8 Å². The smallest absolute Gasteiger partial charge is 0.264 e. The molecule has 1 saturated carbocycles. The maximum absolute atomic E-state index is 14.7. The molecule has 0 radical (unpaired) electrons. The number of hydrogen-bond acceptors (Lipinski definition) is 4. The van der Waals surface area contributed by atoms with Crippen molar-refractivity contribution < 1.29 is 18.0 Å². The maximum Gasteiger partial charge on any atom is 0.264 e. The number of anilines is 1. The predicted octanol–water partition coefficient (Wildman–Crippen LogP) is 8.58. The van der Waals surface area contributed by atoms with Crippen molar-refractivity contribution in [3.05, 3.63) is 128 Å². The summed E-state index contributed by atoms with van der Waals surface area (Å²) in [5.41, 5.74) is 1.26. The fraction of sp³-hybridized carbons (Fsp3) is 0.278. The van der Waals surface area contributed by atoms with Gasteiger partial charge in [-0.2, -0.15) is 0 Å². The molecule has 1 atom stereocenters. The molecule has 4 aromatic rings. The lowest BCUT2D eigenvalue weighted by atomic mass is 9.94. The van der Waals surface area contributed by atoms with E-state index in [0.717, 1.165) is 42.0 Å². The second kappa shape index (κ2) is 16.4. The molecule has 0 heterocycles. The molecule has 0 aromatic heterocycles. The number of sulfonamides is 1. The molecule has 0 aliphatic heterocycles.